The van der Waals surface area contributed by atoms with Gasteiger partial charge in [0.15, 0.2) is 0 Å². The van der Waals surface area contributed by atoms with Crippen molar-refractivity contribution >= 4 is 33.2 Å². The van der Waals surface area contributed by atoms with Gasteiger partial charge >= 0.3 is 0 Å². The molecule has 0 spiro atoms. The van der Waals surface area contributed by atoms with Crippen LogP contribution in [0.5, 0.6) is 0 Å². The molecule has 1 aromatic rings. The third-order valence-corrected chi connectivity index (χ3v) is 6.04. The second-order valence-corrected chi connectivity index (χ2v) is 8.62. The molecule has 1 aliphatic heterocycles. The Hall–Kier alpha value is -1.27. The van der Waals surface area contributed by atoms with Crippen molar-refractivity contribution in [2.45, 2.75) is 33.1 Å². The Balaban J connectivity index is 2.20. The van der Waals surface area contributed by atoms with E-state index in [9.17, 15) is 13.2 Å². The standard InChI is InChI=1S/C16H23ClN2O3S/c1-12(2)7-8-18-16(20)14-11-13(5-6-15(14)17)19-9-3-4-10-23(19,21)22/h5-6,11-12H,3-4,7-10H2,1-2H3,(H,18,20). The van der Waals surface area contributed by atoms with Crippen molar-refractivity contribution in [2.24, 2.45) is 5.92 Å². The number of sulfonamides is 1. The topological polar surface area (TPSA) is 66.5 Å². The summed E-state index contributed by atoms with van der Waals surface area (Å²) in [6.45, 7) is 5.18. The number of carbonyl (C=O) groups excluding carboxylic acids is 1. The molecule has 0 atom stereocenters. The van der Waals surface area contributed by atoms with Crippen molar-refractivity contribution in [1.29, 1.82) is 0 Å². The summed E-state index contributed by atoms with van der Waals surface area (Å²) in [5.74, 6) is 0.369. The molecular formula is C16H23ClN2O3S. The molecule has 1 aromatic carbocycles. The Labute approximate surface area is 143 Å². The number of nitrogens with one attached hydrogen (secondary N) is 1. The summed E-state index contributed by atoms with van der Waals surface area (Å²) in [7, 11) is -3.30. The van der Waals surface area contributed by atoms with Gasteiger partial charge in [0.05, 0.1) is 22.0 Å². The Morgan fingerprint density at radius 2 is 2.09 bits per heavy atom. The maximum atomic E-state index is 12.3. The smallest absolute Gasteiger partial charge is 0.252 e. The number of amides is 1. The average molecular weight is 359 g/mol. The van der Waals surface area contributed by atoms with E-state index >= 15 is 0 Å². The molecular weight excluding hydrogens is 336 g/mol. The largest absolute Gasteiger partial charge is 0.352 e. The molecule has 128 valence electrons. The predicted octanol–water partition coefficient (Wildman–Crippen LogP) is 3.05. The molecule has 0 aromatic heterocycles. The van der Waals surface area contributed by atoms with E-state index in [1.807, 2.05) is 0 Å². The molecule has 1 fully saturated rings. The van der Waals surface area contributed by atoms with Gasteiger partial charge in [0, 0.05) is 13.1 Å². The zero-order valence-corrected chi connectivity index (χ0v) is 15.1. The van der Waals surface area contributed by atoms with Crippen molar-refractivity contribution in [3.63, 3.8) is 0 Å². The normalized spacial score (nSPS) is 17.3. The summed E-state index contributed by atoms with van der Waals surface area (Å²) in [5.41, 5.74) is 0.816. The number of benzene rings is 1. The highest BCUT2D eigenvalue weighted by molar-refractivity contribution is 7.92. The zero-order valence-electron chi connectivity index (χ0n) is 13.5. The number of hydrogen-bond donors (Lipinski definition) is 1. The van der Waals surface area contributed by atoms with Crippen LogP contribution in [0.4, 0.5) is 5.69 Å². The van der Waals surface area contributed by atoms with E-state index in [1.54, 1.807) is 18.2 Å². The van der Waals surface area contributed by atoms with E-state index in [0.29, 0.717) is 41.7 Å². The van der Waals surface area contributed by atoms with Gasteiger partial charge in [-0.1, -0.05) is 25.4 Å². The molecule has 0 saturated carbocycles. The van der Waals surface area contributed by atoms with Crippen LogP contribution in [-0.2, 0) is 10.0 Å². The zero-order chi connectivity index (χ0) is 17.0. The molecule has 23 heavy (non-hydrogen) atoms. The summed E-state index contributed by atoms with van der Waals surface area (Å²) in [5, 5.41) is 3.15. The highest BCUT2D eigenvalue weighted by atomic mass is 35.5. The number of nitrogens with zero attached hydrogens (tertiary/aromatic N) is 1. The molecule has 1 N–H and O–H groups in total. The van der Waals surface area contributed by atoms with E-state index in [0.717, 1.165) is 12.8 Å². The highest BCUT2D eigenvalue weighted by Gasteiger charge is 2.27. The fourth-order valence-corrected chi connectivity index (χ4v) is 4.33. The lowest BCUT2D eigenvalue weighted by Gasteiger charge is -2.28. The molecule has 0 unspecified atom stereocenters. The third-order valence-electron chi connectivity index (χ3n) is 3.84. The van der Waals surface area contributed by atoms with Gasteiger partial charge in [-0.05, 0) is 43.4 Å². The molecule has 0 radical (unpaired) electrons. The molecule has 0 aliphatic carbocycles. The van der Waals surface area contributed by atoms with Crippen molar-refractivity contribution in [3.8, 4) is 0 Å². The van der Waals surface area contributed by atoms with Crippen LogP contribution in [-0.4, -0.2) is 33.2 Å². The molecule has 0 bridgehead atoms. The number of hydrogen-bond acceptors (Lipinski definition) is 3. The monoisotopic (exact) mass is 358 g/mol. The van der Waals surface area contributed by atoms with Crippen LogP contribution in [0.3, 0.4) is 0 Å². The lowest BCUT2D eigenvalue weighted by atomic mass is 10.1. The van der Waals surface area contributed by atoms with Crippen LogP contribution in [0.2, 0.25) is 5.02 Å². The first-order valence-electron chi connectivity index (χ1n) is 7.89. The van der Waals surface area contributed by atoms with E-state index in [2.05, 4.69) is 19.2 Å². The first-order chi connectivity index (χ1) is 10.8. The molecule has 1 saturated heterocycles. The lowest BCUT2D eigenvalue weighted by molar-refractivity contribution is 0.0952. The number of halogens is 1. The first kappa shape index (κ1) is 18.1. The van der Waals surface area contributed by atoms with Gasteiger partial charge in [0.2, 0.25) is 10.0 Å². The van der Waals surface area contributed by atoms with Crippen LogP contribution >= 0.6 is 11.6 Å². The fourth-order valence-electron chi connectivity index (χ4n) is 2.49. The van der Waals surface area contributed by atoms with Crippen molar-refractivity contribution in [2.75, 3.05) is 23.1 Å². The fraction of sp³-hybridized carbons (Fsp3) is 0.562. The van der Waals surface area contributed by atoms with E-state index in [4.69, 9.17) is 11.6 Å². The summed E-state index contributed by atoms with van der Waals surface area (Å²) >= 11 is 6.11. The molecule has 2 rings (SSSR count). The Kier molecular flexibility index (Phi) is 5.92. The second kappa shape index (κ2) is 7.53. The second-order valence-electron chi connectivity index (χ2n) is 6.20. The highest BCUT2D eigenvalue weighted by Crippen LogP contribution is 2.27. The van der Waals surface area contributed by atoms with Crippen molar-refractivity contribution in [1.82, 2.24) is 5.32 Å². The van der Waals surface area contributed by atoms with Gasteiger partial charge in [-0.25, -0.2) is 8.42 Å². The van der Waals surface area contributed by atoms with Gasteiger partial charge in [-0.3, -0.25) is 9.10 Å². The molecule has 7 heteroatoms. The minimum atomic E-state index is -3.30. The minimum absolute atomic E-state index is 0.144. The summed E-state index contributed by atoms with van der Waals surface area (Å²) in [4.78, 5) is 12.3. The van der Waals surface area contributed by atoms with Crippen LogP contribution in [0.15, 0.2) is 18.2 Å². The number of rotatable bonds is 5. The maximum absolute atomic E-state index is 12.3. The lowest BCUT2D eigenvalue weighted by Crippen LogP contribution is -2.38. The van der Waals surface area contributed by atoms with Gasteiger partial charge in [0.1, 0.15) is 0 Å². The van der Waals surface area contributed by atoms with Crippen molar-refractivity contribution in [3.05, 3.63) is 28.8 Å². The van der Waals surface area contributed by atoms with Crippen LogP contribution < -0.4 is 9.62 Å². The molecule has 1 aliphatic rings. The van der Waals surface area contributed by atoms with Crippen LogP contribution in [0.1, 0.15) is 43.5 Å². The summed E-state index contributed by atoms with van der Waals surface area (Å²) < 4.78 is 25.7. The van der Waals surface area contributed by atoms with Crippen LogP contribution in [0, 0.1) is 5.92 Å². The number of carbonyl (C=O) groups is 1. The van der Waals surface area contributed by atoms with E-state index in [1.165, 1.54) is 4.31 Å². The van der Waals surface area contributed by atoms with Gasteiger partial charge in [-0.2, -0.15) is 0 Å². The Bertz CT molecular complexity index is 674. The predicted molar refractivity (Wildman–Crippen MR) is 93.6 cm³/mol. The maximum Gasteiger partial charge on any atom is 0.252 e. The Morgan fingerprint density at radius 1 is 1.35 bits per heavy atom. The van der Waals surface area contributed by atoms with Gasteiger partial charge in [0.25, 0.3) is 5.91 Å². The summed E-state index contributed by atoms with van der Waals surface area (Å²) in [6.07, 6.45) is 2.37. The van der Waals surface area contributed by atoms with Crippen molar-refractivity contribution < 1.29 is 13.2 Å². The molecule has 1 amide bonds. The third kappa shape index (κ3) is 4.61. The minimum Gasteiger partial charge on any atom is -0.352 e. The molecule has 5 nitrogen and oxygen atoms in total. The van der Waals surface area contributed by atoms with Gasteiger partial charge in [-0.15, -0.1) is 0 Å². The van der Waals surface area contributed by atoms with E-state index < -0.39 is 10.0 Å². The van der Waals surface area contributed by atoms with Gasteiger partial charge < -0.3 is 5.32 Å². The quantitative estimate of drug-likeness (QED) is 0.879. The van der Waals surface area contributed by atoms with Crippen LogP contribution in [0.25, 0.3) is 0 Å². The molecule has 1 heterocycles. The number of anilines is 1. The Morgan fingerprint density at radius 3 is 2.74 bits per heavy atom. The van der Waals surface area contributed by atoms with E-state index in [-0.39, 0.29) is 11.7 Å². The SMILES string of the molecule is CC(C)CCNC(=O)c1cc(N2CCCCS2(=O)=O)ccc1Cl. The first-order valence-corrected chi connectivity index (χ1v) is 9.88. The summed E-state index contributed by atoms with van der Waals surface area (Å²) in [6, 6.07) is 4.80. The average Bonchev–Trinajstić information content (AvgIpc) is 2.47.